The summed E-state index contributed by atoms with van der Waals surface area (Å²) in [7, 11) is 0. The van der Waals surface area contributed by atoms with Crippen LogP contribution in [-0.4, -0.2) is 14.5 Å². The van der Waals surface area contributed by atoms with E-state index in [0.29, 0.717) is 11.5 Å². The van der Waals surface area contributed by atoms with Gasteiger partial charge in [0.25, 0.3) is 0 Å². The number of aryl methyl sites for hydroxylation is 1. The maximum Gasteiger partial charge on any atom is 0.350 e. The maximum atomic E-state index is 11.5. The summed E-state index contributed by atoms with van der Waals surface area (Å²) in [4.78, 5) is 28.2. The van der Waals surface area contributed by atoms with Gasteiger partial charge in [-0.25, -0.2) is 14.2 Å². The van der Waals surface area contributed by atoms with Crippen LogP contribution in [0.25, 0.3) is 5.69 Å². The lowest BCUT2D eigenvalue weighted by Crippen LogP contribution is -2.32. The van der Waals surface area contributed by atoms with Crippen LogP contribution in [0.3, 0.4) is 0 Å². The third-order valence-corrected chi connectivity index (χ3v) is 2.02. The van der Waals surface area contributed by atoms with Crippen molar-refractivity contribution in [2.75, 3.05) is 0 Å². The number of para-hydroxylation sites is 1. The number of nitrogens with zero attached hydrogens (tertiary/aromatic N) is 2. The van der Waals surface area contributed by atoms with Crippen LogP contribution in [0.1, 0.15) is 5.82 Å². The van der Waals surface area contributed by atoms with Gasteiger partial charge in [-0.3, -0.25) is 4.98 Å². The molecule has 0 spiro atoms. The molecule has 1 aromatic heterocycles. The molecule has 5 heteroatoms. The molecule has 0 atom stereocenters. The molecule has 0 radical (unpaired) electrons. The molecule has 76 valence electrons. The summed E-state index contributed by atoms with van der Waals surface area (Å²) in [5.74, 6) is 0.370. The van der Waals surface area contributed by atoms with Crippen LogP contribution in [0.4, 0.5) is 0 Å². The van der Waals surface area contributed by atoms with E-state index in [0.717, 1.165) is 0 Å². The van der Waals surface area contributed by atoms with Crippen molar-refractivity contribution in [1.82, 2.24) is 14.5 Å². The van der Waals surface area contributed by atoms with E-state index in [4.69, 9.17) is 0 Å². The second kappa shape index (κ2) is 3.53. The molecule has 0 bridgehead atoms. The zero-order valence-electron chi connectivity index (χ0n) is 8.10. The fraction of sp³-hybridized carbons (Fsp3) is 0.100. The van der Waals surface area contributed by atoms with Crippen molar-refractivity contribution >= 4 is 0 Å². The standard InChI is InChI=1S/C10H9N3O2/c1-7-11-9(14)12-10(15)13(7)8-5-3-2-4-6-8/h2-6H,1H3,(H,12,14,15). The topological polar surface area (TPSA) is 67.8 Å². The number of nitrogens with one attached hydrogen (secondary N) is 1. The third kappa shape index (κ3) is 1.71. The average molecular weight is 203 g/mol. The van der Waals surface area contributed by atoms with E-state index in [1.807, 2.05) is 18.2 Å². The first-order valence-electron chi connectivity index (χ1n) is 4.44. The molecule has 1 N–H and O–H groups in total. The van der Waals surface area contributed by atoms with Crippen LogP contribution in [0, 0.1) is 6.92 Å². The summed E-state index contributed by atoms with van der Waals surface area (Å²) in [6.45, 7) is 1.61. The molecule has 0 saturated heterocycles. The van der Waals surface area contributed by atoms with Crippen LogP contribution < -0.4 is 11.4 Å². The first-order chi connectivity index (χ1) is 7.18. The van der Waals surface area contributed by atoms with Gasteiger partial charge in [0, 0.05) is 0 Å². The van der Waals surface area contributed by atoms with E-state index < -0.39 is 11.4 Å². The van der Waals surface area contributed by atoms with E-state index in [1.54, 1.807) is 19.1 Å². The Balaban J connectivity index is 2.75. The molecular weight excluding hydrogens is 194 g/mol. The van der Waals surface area contributed by atoms with Crippen LogP contribution in [-0.2, 0) is 0 Å². The monoisotopic (exact) mass is 203 g/mol. The molecule has 0 unspecified atom stereocenters. The molecule has 0 aliphatic heterocycles. The Kier molecular flexibility index (Phi) is 2.21. The van der Waals surface area contributed by atoms with Crippen molar-refractivity contribution in [2.24, 2.45) is 0 Å². The molecular formula is C10H9N3O2. The third-order valence-electron chi connectivity index (χ3n) is 2.02. The Morgan fingerprint density at radius 1 is 1.20 bits per heavy atom. The summed E-state index contributed by atoms with van der Waals surface area (Å²) >= 11 is 0. The quantitative estimate of drug-likeness (QED) is 0.721. The van der Waals surface area contributed by atoms with Crippen molar-refractivity contribution in [3.05, 3.63) is 57.1 Å². The SMILES string of the molecule is Cc1nc(=O)[nH]c(=O)n1-c1ccccc1. The minimum Gasteiger partial charge on any atom is -0.257 e. The Hall–Kier alpha value is -2.17. The number of aromatic nitrogens is 3. The lowest BCUT2D eigenvalue weighted by atomic mass is 10.3. The van der Waals surface area contributed by atoms with Gasteiger partial charge in [-0.1, -0.05) is 18.2 Å². The zero-order chi connectivity index (χ0) is 10.8. The smallest absolute Gasteiger partial charge is 0.257 e. The molecule has 0 aliphatic rings. The van der Waals surface area contributed by atoms with E-state index in [2.05, 4.69) is 9.97 Å². The number of hydrogen-bond donors (Lipinski definition) is 1. The number of rotatable bonds is 1. The highest BCUT2D eigenvalue weighted by Gasteiger charge is 2.04. The second-order valence-electron chi connectivity index (χ2n) is 3.07. The molecule has 0 saturated carbocycles. The fourth-order valence-electron chi connectivity index (χ4n) is 1.40. The van der Waals surface area contributed by atoms with Crippen LogP contribution in [0.2, 0.25) is 0 Å². The van der Waals surface area contributed by atoms with Gasteiger partial charge >= 0.3 is 11.4 Å². The van der Waals surface area contributed by atoms with Crippen LogP contribution in [0.5, 0.6) is 0 Å². The zero-order valence-corrected chi connectivity index (χ0v) is 8.10. The minimum atomic E-state index is -0.621. The van der Waals surface area contributed by atoms with Gasteiger partial charge < -0.3 is 0 Å². The maximum absolute atomic E-state index is 11.5. The molecule has 0 amide bonds. The van der Waals surface area contributed by atoms with Crippen molar-refractivity contribution < 1.29 is 0 Å². The molecule has 2 aromatic rings. The van der Waals surface area contributed by atoms with Gasteiger partial charge in [-0.2, -0.15) is 4.98 Å². The lowest BCUT2D eigenvalue weighted by molar-refractivity contribution is 0.783. The summed E-state index contributed by atoms with van der Waals surface area (Å²) in [6, 6.07) is 9.02. The summed E-state index contributed by atoms with van der Waals surface area (Å²) in [6.07, 6.45) is 0. The van der Waals surface area contributed by atoms with E-state index >= 15 is 0 Å². The van der Waals surface area contributed by atoms with Crippen molar-refractivity contribution in [3.63, 3.8) is 0 Å². The number of H-pyrrole nitrogens is 1. The Morgan fingerprint density at radius 3 is 2.47 bits per heavy atom. The second-order valence-corrected chi connectivity index (χ2v) is 3.07. The normalized spacial score (nSPS) is 10.2. The van der Waals surface area contributed by atoms with Gasteiger partial charge in [0.1, 0.15) is 5.82 Å². The molecule has 5 nitrogen and oxygen atoms in total. The average Bonchev–Trinajstić information content (AvgIpc) is 2.17. The van der Waals surface area contributed by atoms with Crippen LogP contribution >= 0.6 is 0 Å². The molecule has 0 fully saturated rings. The number of hydrogen-bond acceptors (Lipinski definition) is 3. The predicted octanol–water partition coefficient (Wildman–Crippen LogP) is 0.229. The van der Waals surface area contributed by atoms with Crippen molar-refractivity contribution in [3.8, 4) is 5.69 Å². The van der Waals surface area contributed by atoms with Crippen molar-refractivity contribution in [1.29, 1.82) is 0 Å². The number of aromatic amines is 1. The highest BCUT2D eigenvalue weighted by atomic mass is 16.2. The van der Waals surface area contributed by atoms with Gasteiger partial charge in [0.05, 0.1) is 5.69 Å². The highest BCUT2D eigenvalue weighted by molar-refractivity contribution is 5.31. The lowest BCUT2D eigenvalue weighted by Gasteiger charge is -2.06. The molecule has 2 rings (SSSR count). The van der Waals surface area contributed by atoms with Crippen molar-refractivity contribution in [2.45, 2.75) is 6.92 Å². The van der Waals surface area contributed by atoms with E-state index in [9.17, 15) is 9.59 Å². The van der Waals surface area contributed by atoms with Gasteiger partial charge in [-0.15, -0.1) is 0 Å². The van der Waals surface area contributed by atoms with E-state index in [1.165, 1.54) is 4.57 Å². The highest BCUT2D eigenvalue weighted by Crippen LogP contribution is 2.03. The number of benzene rings is 1. The molecule has 1 heterocycles. The molecule has 15 heavy (non-hydrogen) atoms. The van der Waals surface area contributed by atoms with Gasteiger partial charge in [-0.05, 0) is 19.1 Å². The summed E-state index contributed by atoms with van der Waals surface area (Å²) in [5.41, 5.74) is -0.410. The summed E-state index contributed by atoms with van der Waals surface area (Å²) < 4.78 is 1.35. The summed E-state index contributed by atoms with van der Waals surface area (Å²) in [5, 5.41) is 0. The Labute approximate surface area is 85.0 Å². The first kappa shape index (κ1) is 9.39. The predicted molar refractivity (Wildman–Crippen MR) is 55.2 cm³/mol. The minimum absolute atomic E-state index is 0.370. The first-order valence-corrected chi connectivity index (χ1v) is 4.44. The Bertz CT molecular complexity index is 584. The Morgan fingerprint density at radius 2 is 1.87 bits per heavy atom. The molecule has 0 aliphatic carbocycles. The fourth-order valence-corrected chi connectivity index (χ4v) is 1.40. The van der Waals surface area contributed by atoms with Gasteiger partial charge in [0.2, 0.25) is 0 Å². The molecule has 1 aromatic carbocycles. The van der Waals surface area contributed by atoms with Gasteiger partial charge in [0.15, 0.2) is 0 Å². The van der Waals surface area contributed by atoms with E-state index in [-0.39, 0.29) is 0 Å². The largest absolute Gasteiger partial charge is 0.350 e. The van der Waals surface area contributed by atoms with Crippen LogP contribution in [0.15, 0.2) is 39.9 Å².